The van der Waals surface area contributed by atoms with E-state index in [0.29, 0.717) is 17.8 Å². The number of hydrogen-bond donors (Lipinski definition) is 1. The van der Waals surface area contributed by atoms with E-state index in [1.54, 1.807) is 37.4 Å². The van der Waals surface area contributed by atoms with E-state index < -0.39 is 29.5 Å². The highest BCUT2D eigenvalue weighted by Gasteiger charge is 2.62. The minimum absolute atomic E-state index is 0.0703. The lowest BCUT2D eigenvalue weighted by Crippen LogP contribution is -2.36. The fraction of sp³-hybridized carbons (Fsp3) is 0.320. The van der Waals surface area contributed by atoms with Crippen LogP contribution in [0.25, 0.3) is 22.5 Å². The number of imidazole rings is 1. The average Bonchev–Trinajstić information content (AvgIpc) is 3.57. The molecule has 0 fully saturated rings. The number of aryl methyl sites for hydroxylation is 1. The van der Waals surface area contributed by atoms with Gasteiger partial charge in [0.2, 0.25) is 5.82 Å². The number of aromatic nitrogens is 6. The molecule has 0 radical (unpaired) electrons. The number of carbonyl (C=O) groups is 1. The van der Waals surface area contributed by atoms with E-state index in [2.05, 4.69) is 25.6 Å². The van der Waals surface area contributed by atoms with Gasteiger partial charge in [0, 0.05) is 18.5 Å². The fourth-order valence-corrected chi connectivity index (χ4v) is 4.23. The molecule has 1 N–H and O–H groups in total. The van der Waals surface area contributed by atoms with Crippen LogP contribution >= 0.6 is 11.8 Å². The van der Waals surface area contributed by atoms with Crippen molar-refractivity contribution in [2.45, 2.75) is 38.4 Å². The van der Waals surface area contributed by atoms with Crippen LogP contribution in [0.4, 0.5) is 22.0 Å². The van der Waals surface area contributed by atoms with Gasteiger partial charge in [0.1, 0.15) is 11.8 Å². The predicted molar refractivity (Wildman–Crippen MR) is 134 cm³/mol. The first kappa shape index (κ1) is 28.2. The summed E-state index contributed by atoms with van der Waals surface area (Å²) in [6.45, 7) is 1.55. The zero-order valence-corrected chi connectivity index (χ0v) is 21.6. The van der Waals surface area contributed by atoms with Crippen molar-refractivity contribution in [1.82, 2.24) is 30.2 Å². The van der Waals surface area contributed by atoms with Gasteiger partial charge in [-0.05, 0) is 34.6 Å². The summed E-state index contributed by atoms with van der Waals surface area (Å²) in [5.74, 6) is -6.55. The lowest BCUT2D eigenvalue weighted by molar-refractivity contribution is -0.291. The Labute approximate surface area is 224 Å². The number of nitrogens with zero attached hydrogens (tertiary/aromatic N) is 5. The van der Waals surface area contributed by atoms with Crippen molar-refractivity contribution in [1.29, 1.82) is 0 Å². The molecule has 0 spiro atoms. The maximum Gasteiger partial charge on any atom is 0.459 e. The monoisotopic (exact) mass is 566 g/mol. The summed E-state index contributed by atoms with van der Waals surface area (Å²) in [5.41, 5.74) is 0.273. The van der Waals surface area contributed by atoms with Gasteiger partial charge in [-0.3, -0.25) is 0 Å². The van der Waals surface area contributed by atoms with Crippen molar-refractivity contribution in [2.24, 2.45) is 0 Å². The summed E-state index contributed by atoms with van der Waals surface area (Å²) < 4.78 is 75.2. The molecule has 39 heavy (non-hydrogen) atoms. The normalized spacial score (nSPS) is 12.1. The van der Waals surface area contributed by atoms with Gasteiger partial charge in [0.15, 0.2) is 11.4 Å². The van der Waals surface area contributed by atoms with Crippen molar-refractivity contribution in [2.75, 3.05) is 12.2 Å². The number of ether oxygens (including phenoxy) is 1. The van der Waals surface area contributed by atoms with Gasteiger partial charge < -0.3 is 9.30 Å². The number of thioether (sulfide) groups is 1. The predicted octanol–water partition coefficient (Wildman–Crippen LogP) is 5.86. The van der Waals surface area contributed by atoms with Crippen LogP contribution in [0.3, 0.4) is 0 Å². The van der Waals surface area contributed by atoms with Crippen molar-refractivity contribution in [3.8, 4) is 22.5 Å². The van der Waals surface area contributed by atoms with Crippen LogP contribution in [0, 0.1) is 0 Å². The molecule has 4 rings (SSSR count). The zero-order chi connectivity index (χ0) is 28.2. The van der Waals surface area contributed by atoms with E-state index >= 15 is 0 Å². The second-order valence-corrected chi connectivity index (χ2v) is 9.26. The molecular formula is C25H23F5N6O2S. The van der Waals surface area contributed by atoms with E-state index in [-0.39, 0.29) is 24.7 Å². The van der Waals surface area contributed by atoms with Crippen LogP contribution in [0.15, 0.2) is 48.5 Å². The van der Waals surface area contributed by atoms with Gasteiger partial charge in [-0.15, -0.1) is 22.0 Å². The second-order valence-electron chi connectivity index (χ2n) is 8.45. The first-order chi connectivity index (χ1) is 18.6. The Kier molecular flexibility index (Phi) is 8.33. The van der Waals surface area contributed by atoms with Crippen molar-refractivity contribution in [3.05, 3.63) is 71.3 Å². The first-order valence-electron chi connectivity index (χ1n) is 11.7. The summed E-state index contributed by atoms with van der Waals surface area (Å²) >= 11 is 1.07. The van der Waals surface area contributed by atoms with Crippen LogP contribution in [0.1, 0.15) is 40.9 Å². The first-order valence-corrected chi connectivity index (χ1v) is 13.1. The zero-order valence-electron chi connectivity index (χ0n) is 20.8. The molecule has 2 aromatic heterocycles. The minimum atomic E-state index is -5.95. The lowest BCUT2D eigenvalue weighted by atomic mass is 9.98. The third-order valence-corrected chi connectivity index (χ3v) is 6.15. The van der Waals surface area contributed by atoms with Gasteiger partial charge >= 0.3 is 18.1 Å². The van der Waals surface area contributed by atoms with Crippen molar-refractivity contribution in [3.63, 3.8) is 0 Å². The molecule has 206 valence electrons. The molecule has 14 heteroatoms. The molecule has 0 aliphatic heterocycles. The number of tetrazole rings is 1. The average molecular weight is 567 g/mol. The van der Waals surface area contributed by atoms with Crippen LogP contribution in [0.5, 0.6) is 0 Å². The third kappa shape index (κ3) is 5.79. The SMILES string of the molecule is CCCc1nc(C(F)(F)C(F)(F)F)c(C(=O)OCSC)n1Cc1ccc(-c2ccccc2-c2nn[nH]n2)cc1. The van der Waals surface area contributed by atoms with Crippen molar-refractivity contribution >= 4 is 17.7 Å². The highest BCUT2D eigenvalue weighted by atomic mass is 32.2. The molecule has 0 aliphatic rings. The Hall–Kier alpha value is -3.81. The van der Waals surface area contributed by atoms with Crippen LogP contribution in [0.2, 0.25) is 0 Å². The largest absolute Gasteiger partial charge is 0.459 e. The topological polar surface area (TPSA) is 98.6 Å². The molecule has 0 atom stereocenters. The van der Waals surface area contributed by atoms with Gasteiger partial charge in [-0.1, -0.05) is 55.5 Å². The molecule has 0 aliphatic carbocycles. The molecule has 2 heterocycles. The molecule has 4 aromatic rings. The standard InChI is InChI=1S/C25H23F5N6O2S/c1-3-6-19-31-21(24(26,27)25(28,29)30)20(23(37)38-14-39-2)36(19)13-15-9-11-16(12-10-15)17-7-4-5-8-18(17)22-32-34-35-33-22/h4-5,7-12H,3,6,13-14H2,1-2H3,(H,32,33,34,35). The highest BCUT2D eigenvalue weighted by molar-refractivity contribution is 7.98. The van der Waals surface area contributed by atoms with Gasteiger partial charge in [-0.25, -0.2) is 9.78 Å². The van der Waals surface area contributed by atoms with Crippen molar-refractivity contribution < 1.29 is 31.5 Å². The summed E-state index contributed by atoms with van der Waals surface area (Å²) in [6.07, 6.45) is -3.87. The lowest BCUT2D eigenvalue weighted by Gasteiger charge is -2.19. The summed E-state index contributed by atoms with van der Waals surface area (Å²) in [6, 6.07) is 14.3. The van der Waals surface area contributed by atoms with Crippen LogP contribution in [-0.2, 0) is 23.6 Å². The molecule has 0 saturated heterocycles. The smallest absolute Gasteiger partial charge is 0.450 e. The molecule has 0 unspecified atom stereocenters. The van der Waals surface area contributed by atoms with Crippen LogP contribution in [-0.4, -0.2) is 54.5 Å². The maximum atomic E-state index is 14.5. The van der Waals surface area contributed by atoms with Gasteiger partial charge in [0.25, 0.3) is 0 Å². The highest BCUT2D eigenvalue weighted by Crippen LogP contribution is 2.45. The maximum absolute atomic E-state index is 14.5. The number of nitrogens with one attached hydrogen (secondary N) is 1. The third-order valence-electron chi connectivity index (χ3n) is 5.79. The Bertz CT molecular complexity index is 1420. The van der Waals surface area contributed by atoms with Gasteiger partial charge in [0.05, 0.1) is 0 Å². The minimum Gasteiger partial charge on any atom is -0.450 e. The fourth-order valence-electron chi connectivity index (χ4n) is 4.00. The number of hydrogen-bond acceptors (Lipinski definition) is 7. The Morgan fingerprint density at radius 3 is 2.33 bits per heavy atom. The number of aromatic amines is 1. The molecule has 2 aromatic carbocycles. The van der Waals surface area contributed by atoms with E-state index in [9.17, 15) is 26.7 Å². The summed E-state index contributed by atoms with van der Waals surface area (Å²) in [4.78, 5) is 16.4. The molecule has 8 nitrogen and oxygen atoms in total. The molecule has 0 bridgehead atoms. The quantitative estimate of drug-likeness (QED) is 0.146. The number of esters is 1. The molecular weight excluding hydrogens is 543 g/mol. The Morgan fingerprint density at radius 2 is 1.74 bits per heavy atom. The van der Waals surface area contributed by atoms with E-state index in [1.165, 1.54) is 0 Å². The number of benzene rings is 2. The summed E-state index contributed by atoms with van der Waals surface area (Å²) in [5, 5.41) is 14.0. The van der Waals surface area contributed by atoms with E-state index in [4.69, 9.17) is 4.74 Å². The second kappa shape index (κ2) is 11.5. The Balaban J connectivity index is 1.75. The number of carbonyl (C=O) groups excluding carboxylic acids is 1. The number of alkyl halides is 5. The number of halogens is 5. The Morgan fingerprint density at radius 1 is 1.05 bits per heavy atom. The van der Waals surface area contributed by atoms with Gasteiger partial charge in [-0.2, -0.15) is 27.2 Å². The number of H-pyrrole nitrogens is 1. The van der Waals surface area contributed by atoms with Crippen LogP contribution < -0.4 is 0 Å². The molecule has 0 saturated carbocycles. The van der Waals surface area contributed by atoms with E-state index in [1.807, 2.05) is 24.3 Å². The number of rotatable bonds is 10. The molecule has 0 amide bonds. The van der Waals surface area contributed by atoms with E-state index in [0.717, 1.165) is 33.0 Å². The summed E-state index contributed by atoms with van der Waals surface area (Å²) in [7, 11) is 0.